The molecule has 7 heteroatoms. The fraction of sp³-hybridized carbons (Fsp3) is 0.800. The number of nitrogens with one attached hydrogen (secondary N) is 2. The minimum absolute atomic E-state index is 0.0549. The molecule has 4 atom stereocenters. The Bertz CT molecular complexity index is 293. The highest BCUT2D eigenvalue weighted by atomic mass is 16.6. The molecular formula is C10H18N4O3. The van der Waals surface area contributed by atoms with Crippen molar-refractivity contribution in [3.63, 3.8) is 0 Å². The molecule has 0 aromatic carbocycles. The van der Waals surface area contributed by atoms with Crippen molar-refractivity contribution in [2.45, 2.75) is 37.0 Å². The Hall–Kier alpha value is -1.02. The first-order valence-corrected chi connectivity index (χ1v) is 5.79. The largest absolute Gasteiger partial charge is 0.391 e. The third kappa shape index (κ3) is 3.01. The summed E-state index contributed by atoms with van der Waals surface area (Å²) < 4.78 is 4.80. The maximum Gasteiger partial charge on any atom is 0.330 e. The van der Waals surface area contributed by atoms with E-state index in [1.807, 2.05) is 0 Å². The predicted molar refractivity (Wildman–Crippen MR) is 59.9 cm³/mol. The Balaban J connectivity index is 1.80. The van der Waals surface area contributed by atoms with Crippen LogP contribution in [0.1, 0.15) is 12.8 Å². The van der Waals surface area contributed by atoms with E-state index >= 15 is 0 Å². The van der Waals surface area contributed by atoms with Crippen molar-refractivity contribution in [1.29, 1.82) is 0 Å². The lowest BCUT2D eigenvalue weighted by Crippen LogP contribution is -2.39. The first kappa shape index (κ1) is 12.4. The molecule has 2 aliphatic rings. The monoisotopic (exact) mass is 242 g/mol. The highest BCUT2D eigenvalue weighted by molar-refractivity contribution is 5.91. The normalized spacial score (nSPS) is 37.1. The van der Waals surface area contributed by atoms with E-state index in [9.17, 15) is 9.59 Å². The molecule has 2 heterocycles. The number of carbonyl (C=O) groups excluding carboxylic acids is 2. The van der Waals surface area contributed by atoms with Crippen molar-refractivity contribution >= 4 is 11.9 Å². The quantitative estimate of drug-likeness (QED) is 0.310. The molecule has 2 rings (SSSR count). The van der Waals surface area contributed by atoms with Crippen LogP contribution in [0.4, 0.5) is 0 Å². The van der Waals surface area contributed by atoms with Crippen LogP contribution in [0.2, 0.25) is 0 Å². The average molecular weight is 242 g/mol. The molecule has 6 N–H and O–H groups in total. The van der Waals surface area contributed by atoms with E-state index in [1.165, 1.54) is 0 Å². The van der Waals surface area contributed by atoms with Crippen molar-refractivity contribution in [3.8, 4) is 0 Å². The third-order valence-corrected chi connectivity index (χ3v) is 3.10. The molecule has 96 valence electrons. The summed E-state index contributed by atoms with van der Waals surface area (Å²) >= 11 is 0. The van der Waals surface area contributed by atoms with Crippen LogP contribution in [-0.2, 0) is 14.3 Å². The number of ether oxygens (including phenoxy) is 1. The van der Waals surface area contributed by atoms with Gasteiger partial charge in [-0.25, -0.2) is 9.59 Å². The van der Waals surface area contributed by atoms with Gasteiger partial charge in [-0.1, -0.05) is 0 Å². The molecule has 3 unspecified atom stereocenters. The van der Waals surface area contributed by atoms with E-state index in [4.69, 9.17) is 16.2 Å². The summed E-state index contributed by atoms with van der Waals surface area (Å²) in [6.07, 6.45) is 1.01. The van der Waals surface area contributed by atoms with E-state index in [2.05, 4.69) is 10.6 Å². The van der Waals surface area contributed by atoms with E-state index in [1.54, 1.807) is 0 Å². The molecule has 0 saturated carbocycles. The van der Waals surface area contributed by atoms with Crippen LogP contribution in [0.5, 0.6) is 0 Å². The van der Waals surface area contributed by atoms with Gasteiger partial charge in [0.15, 0.2) is 0 Å². The first-order chi connectivity index (χ1) is 8.06. The Kier molecular flexibility index (Phi) is 3.72. The van der Waals surface area contributed by atoms with Gasteiger partial charge < -0.3 is 26.8 Å². The summed E-state index contributed by atoms with van der Waals surface area (Å²) in [5, 5.41) is 5.83. The molecule has 0 spiro atoms. The number of nitrogens with two attached hydrogens (primary N) is 2. The van der Waals surface area contributed by atoms with Gasteiger partial charge in [0.1, 0.15) is 12.1 Å². The van der Waals surface area contributed by atoms with Gasteiger partial charge >= 0.3 is 11.9 Å². The van der Waals surface area contributed by atoms with Crippen LogP contribution in [0.25, 0.3) is 0 Å². The summed E-state index contributed by atoms with van der Waals surface area (Å²) in [5.41, 5.74) is 11.3. The molecule has 2 fully saturated rings. The van der Waals surface area contributed by atoms with Gasteiger partial charge in [0.25, 0.3) is 0 Å². The Morgan fingerprint density at radius 1 is 0.941 bits per heavy atom. The first-order valence-electron chi connectivity index (χ1n) is 5.79. The van der Waals surface area contributed by atoms with Gasteiger partial charge in [-0.15, -0.1) is 0 Å². The topological polar surface area (TPSA) is 119 Å². The average Bonchev–Trinajstić information content (AvgIpc) is 2.87. The minimum atomic E-state index is -0.551. The summed E-state index contributed by atoms with van der Waals surface area (Å²) in [6.45, 7) is 1.14. The van der Waals surface area contributed by atoms with Gasteiger partial charge in [-0.2, -0.15) is 0 Å². The van der Waals surface area contributed by atoms with Gasteiger partial charge in [0.2, 0.25) is 0 Å². The van der Waals surface area contributed by atoms with Gasteiger partial charge in [0, 0.05) is 25.2 Å². The van der Waals surface area contributed by atoms with E-state index in [0.29, 0.717) is 25.9 Å². The van der Waals surface area contributed by atoms with E-state index in [-0.39, 0.29) is 12.1 Å². The van der Waals surface area contributed by atoms with Gasteiger partial charge in [-0.05, 0) is 12.8 Å². The molecule has 0 bridgehead atoms. The van der Waals surface area contributed by atoms with Crippen LogP contribution >= 0.6 is 0 Å². The molecule has 0 radical (unpaired) electrons. The van der Waals surface area contributed by atoms with Crippen LogP contribution in [0, 0.1) is 0 Å². The Labute approximate surface area is 99.2 Å². The molecular weight excluding hydrogens is 224 g/mol. The predicted octanol–water partition coefficient (Wildman–Crippen LogP) is -2.57. The molecule has 0 aliphatic carbocycles. The maximum absolute atomic E-state index is 11.6. The second kappa shape index (κ2) is 5.09. The van der Waals surface area contributed by atoms with Crippen molar-refractivity contribution < 1.29 is 14.3 Å². The molecule has 2 aliphatic heterocycles. The van der Waals surface area contributed by atoms with Crippen LogP contribution in [0.15, 0.2) is 0 Å². The van der Waals surface area contributed by atoms with Crippen LogP contribution in [0.3, 0.4) is 0 Å². The number of carbonyl (C=O) groups is 2. The number of hydrogen-bond donors (Lipinski definition) is 4. The van der Waals surface area contributed by atoms with Gasteiger partial charge in [0.05, 0.1) is 0 Å². The lowest BCUT2D eigenvalue weighted by Gasteiger charge is -2.12. The zero-order valence-corrected chi connectivity index (χ0v) is 9.52. The van der Waals surface area contributed by atoms with E-state index in [0.717, 1.165) is 0 Å². The molecule has 2 saturated heterocycles. The molecule has 0 aromatic rings. The maximum atomic E-state index is 11.6. The van der Waals surface area contributed by atoms with Crippen molar-refractivity contribution in [1.82, 2.24) is 10.6 Å². The van der Waals surface area contributed by atoms with Crippen LogP contribution < -0.4 is 22.1 Å². The lowest BCUT2D eigenvalue weighted by atomic mass is 10.2. The minimum Gasteiger partial charge on any atom is -0.391 e. The SMILES string of the molecule is NC1CNC(C(=O)OC(=O)[C@@H]2CC(N)CN2)C1. The second-order valence-corrected chi connectivity index (χ2v) is 4.65. The summed E-state index contributed by atoms with van der Waals surface area (Å²) in [6, 6.07) is -1.05. The fourth-order valence-corrected chi connectivity index (χ4v) is 2.13. The zero-order chi connectivity index (χ0) is 12.4. The van der Waals surface area contributed by atoms with Crippen molar-refractivity contribution in [2.75, 3.05) is 13.1 Å². The molecule has 7 nitrogen and oxygen atoms in total. The number of hydrogen-bond acceptors (Lipinski definition) is 7. The van der Waals surface area contributed by atoms with Crippen molar-refractivity contribution in [2.24, 2.45) is 11.5 Å². The van der Waals surface area contributed by atoms with E-state index < -0.39 is 24.0 Å². The number of esters is 2. The lowest BCUT2D eigenvalue weighted by molar-refractivity contribution is -0.162. The third-order valence-electron chi connectivity index (χ3n) is 3.10. The summed E-state index contributed by atoms with van der Waals surface area (Å²) in [7, 11) is 0. The zero-order valence-electron chi connectivity index (χ0n) is 9.52. The molecule has 0 amide bonds. The van der Waals surface area contributed by atoms with Gasteiger partial charge in [-0.3, -0.25) is 0 Å². The van der Waals surface area contributed by atoms with Crippen LogP contribution in [-0.4, -0.2) is 49.2 Å². The Morgan fingerprint density at radius 2 is 1.35 bits per heavy atom. The fourth-order valence-electron chi connectivity index (χ4n) is 2.13. The highest BCUT2D eigenvalue weighted by Crippen LogP contribution is 2.10. The summed E-state index contributed by atoms with van der Waals surface area (Å²) in [5.74, 6) is -1.10. The smallest absolute Gasteiger partial charge is 0.330 e. The number of rotatable bonds is 2. The highest BCUT2D eigenvalue weighted by Gasteiger charge is 2.34. The Morgan fingerprint density at radius 3 is 1.65 bits per heavy atom. The molecule has 17 heavy (non-hydrogen) atoms. The standard InChI is InChI=1S/C10H18N4O3/c11-5-1-7(13-3-5)9(15)17-10(16)8-2-6(12)4-14-8/h5-8,13-14H,1-4,11-12H2/t5?,6?,7-,8?/m0/s1. The summed E-state index contributed by atoms with van der Waals surface area (Å²) in [4.78, 5) is 23.2. The second-order valence-electron chi connectivity index (χ2n) is 4.65. The molecule has 0 aromatic heterocycles. The van der Waals surface area contributed by atoms with Crippen molar-refractivity contribution in [3.05, 3.63) is 0 Å².